The molecule has 0 saturated carbocycles. The molecule has 2 aromatic rings. The van der Waals surface area contributed by atoms with Gasteiger partial charge in [0.25, 0.3) is 5.91 Å². The van der Waals surface area contributed by atoms with E-state index in [-0.39, 0.29) is 11.7 Å². The van der Waals surface area contributed by atoms with E-state index in [4.69, 9.17) is 10.5 Å². The van der Waals surface area contributed by atoms with Crippen molar-refractivity contribution in [2.45, 2.75) is 6.92 Å². The van der Waals surface area contributed by atoms with Gasteiger partial charge >= 0.3 is 0 Å². The number of ether oxygens (including phenoxy) is 1. The Morgan fingerprint density at radius 2 is 2.28 bits per heavy atom. The van der Waals surface area contributed by atoms with Gasteiger partial charge in [-0.25, -0.2) is 0 Å². The van der Waals surface area contributed by atoms with Crippen LogP contribution in [0.2, 0.25) is 0 Å². The molecular formula is C12H14N4O2. The van der Waals surface area contributed by atoms with Crippen LogP contribution in [0.5, 0.6) is 5.75 Å². The Hall–Kier alpha value is -2.50. The minimum absolute atomic E-state index is 0.276. The number of carbonyl (C=O) groups excluding carboxylic acids is 1. The summed E-state index contributed by atoms with van der Waals surface area (Å²) in [7, 11) is 0. The van der Waals surface area contributed by atoms with Gasteiger partial charge in [-0.05, 0) is 19.1 Å². The lowest BCUT2D eigenvalue weighted by Crippen LogP contribution is -2.13. The Morgan fingerprint density at radius 1 is 1.50 bits per heavy atom. The molecule has 0 spiro atoms. The highest BCUT2D eigenvalue weighted by Crippen LogP contribution is 2.24. The standard InChI is InChI=1S/C12H14N4O2/c1-2-18-10-6-4-3-5-8(10)14-12(17)9-7-11(13)16-15-9/h3-7H,2H2,1H3,(H,14,17)(H3,13,15,16). The van der Waals surface area contributed by atoms with Crippen LogP contribution in [0.1, 0.15) is 17.4 Å². The molecule has 1 aromatic heterocycles. The van der Waals surface area contributed by atoms with Crippen molar-refractivity contribution in [3.05, 3.63) is 36.0 Å². The van der Waals surface area contributed by atoms with E-state index >= 15 is 0 Å². The van der Waals surface area contributed by atoms with E-state index < -0.39 is 0 Å². The summed E-state index contributed by atoms with van der Waals surface area (Å²) >= 11 is 0. The number of nitrogens with one attached hydrogen (secondary N) is 2. The molecule has 0 radical (unpaired) electrons. The second kappa shape index (κ2) is 5.22. The lowest BCUT2D eigenvalue weighted by atomic mass is 10.3. The molecule has 0 fully saturated rings. The van der Waals surface area contributed by atoms with Crippen LogP contribution in [0.15, 0.2) is 30.3 Å². The Bertz CT molecular complexity index is 551. The van der Waals surface area contributed by atoms with Gasteiger partial charge in [-0.15, -0.1) is 0 Å². The van der Waals surface area contributed by atoms with Crippen LogP contribution >= 0.6 is 0 Å². The number of rotatable bonds is 4. The van der Waals surface area contributed by atoms with Gasteiger partial charge in [0.1, 0.15) is 17.3 Å². The maximum atomic E-state index is 11.9. The number of anilines is 2. The average Bonchev–Trinajstić information content (AvgIpc) is 2.79. The summed E-state index contributed by atoms with van der Waals surface area (Å²) in [6.07, 6.45) is 0. The van der Waals surface area contributed by atoms with Crippen LogP contribution in [0.3, 0.4) is 0 Å². The van der Waals surface area contributed by atoms with E-state index in [1.807, 2.05) is 19.1 Å². The first kappa shape index (κ1) is 12.0. The van der Waals surface area contributed by atoms with E-state index in [2.05, 4.69) is 15.5 Å². The van der Waals surface area contributed by atoms with Gasteiger partial charge in [-0.2, -0.15) is 5.10 Å². The summed E-state index contributed by atoms with van der Waals surface area (Å²) in [5.74, 6) is 0.588. The van der Waals surface area contributed by atoms with Crippen LogP contribution in [0.25, 0.3) is 0 Å². The number of carbonyl (C=O) groups is 1. The molecule has 2 rings (SSSR count). The largest absolute Gasteiger partial charge is 0.492 e. The van der Waals surface area contributed by atoms with E-state index in [1.54, 1.807) is 12.1 Å². The number of hydrogen-bond acceptors (Lipinski definition) is 4. The van der Waals surface area contributed by atoms with Crippen molar-refractivity contribution in [1.29, 1.82) is 0 Å². The summed E-state index contributed by atoms with van der Waals surface area (Å²) in [5.41, 5.74) is 6.35. The predicted octanol–water partition coefficient (Wildman–Crippen LogP) is 1.64. The molecule has 0 unspecified atom stereocenters. The van der Waals surface area contributed by atoms with Crippen molar-refractivity contribution in [2.75, 3.05) is 17.7 Å². The van der Waals surface area contributed by atoms with Crippen LogP contribution < -0.4 is 15.8 Å². The maximum Gasteiger partial charge on any atom is 0.273 e. The van der Waals surface area contributed by atoms with E-state index in [9.17, 15) is 4.79 Å². The number of hydrogen-bond donors (Lipinski definition) is 3. The Labute approximate surface area is 104 Å². The Balaban J connectivity index is 2.16. The molecule has 18 heavy (non-hydrogen) atoms. The van der Waals surface area contributed by atoms with Crippen LogP contribution in [0.4, 0.5) is 11.5 Å². The monoisotopic (exact) mass is 246 g/mol. The van der Waals surface area contributed by atoms with Crippen molar-refractivity contribution >= 4 is 17.4 Å². The number of nitrogens with two attached hydrogens (primary N) is 1. The zero-order valence-electron chi connectivity index (χ0n) is 9.93. The highest BCUT2D eigenvalue weighted by Gasteiger charge is 2.11. The smallest absolute Gasteiger partial charge is 0.273 e. The van der Waals surface area contributed by atoms with E-state index in [0.717, 1.165) is 0 Å². The Morgan fingerprint density at radius 3 is 2.94 bits per heavy atom. The van der Waals surface area contributed by atoms with Crippen molar-refractivity contribution in [3.8, 4) is 5.75 Å². The lowest BCUT2D eigenvalue weighted by Gasteiger charge is -2.10. The van der Waals surface area contributed by atoms with E-state index in [0.29, 0.717) is 23.7 Å². The predicted molar refractivity (Wildman–Crippen MR) is 68.6 cm³/mol. The third kappa shape index (κ3) is 2.60. The minimum Gasteiger partial charge on any atom is -0.492 e. The fourth-order valence-electron chi connectivity index (χ4n) is 1.49. The fourth-order valence-corrected chi connectivity index (χ4v) is 1.49. The molecule has 1 heterocycles. The highest BCUT2D eigenvalue weighted by molar-refractivity contribution is 6.04. The molecule has 0 saturated heterocycles. The third-order valence-electron chi connectivity index (χ3n) is 2.28. The SMILES string of the molecule is CCOc1ccccc1NC(=O)c1cc(N)n[nH]1. The van der Waals surface area contributed by atoms with E-state index in [1.165, 1.54) is 6.07 Å². The van der Waals surface area contributed by atoms with Crippen molar-refractivity contribution in [2.24, 2.45) is 0 Å². The van der Waals surface area contributed by atoms with Crippen molar-refractivity contribution < 1.29 is 9.53 Å². The van der Waals surface area contributed by atoms with Crippen molar-refractivity contribution in [1.82, 2.24) is 10.2 Å². The second-order valence-corrected chi connectivity index (χ2v) is 3.59. The third-order valence-corrected chi connectivity index (χ3v) is 2.28. The highest BCUT2D eigenvalue weighted by atomic mass is 16.5. The first-order valence-corrected chi connectivity index (χ1v) is 5.54. The van der Waals surface area contributed by atoms with Gasteiger partial charge in [-0.3, -0.25) is 9.89 Å². The molecule has 0 aliphatic heterocycles. The first-order chi connectivity index (χ1) is 8.70. The maximum absolute atomic E-state index is 11.9. The number of H-pyrrole nitrogens is 1. The molecule has 94 valence electrons. The molecule has 0 aliphatic rings. The van der Waals surface area contributed by atoms with Crippen LogP contribution in [-0.2, 0) is 0 Å². The number of benzene rings is 1. The quantitative estimate of drug-likeness (QED) is 0.764. The molecule has 0 bridgehead atoms. The molecule has 0 atom stereocenters. The number of aromatic amines is 1. The summed E-state index contributed by atoms with van der Waals surface area (Å²) in [5, 5.41) is 8.98. The van der Waals surface area contributed by atoms with Gasteiger partial charge in [0.2, 0.25) is 0 Å². The molecule has 6 heteroatoms. The topological polar surface area (TPSA) is 93.0 Å². The average molecular weight is 246 g/mol. The molecule has 6 nitrogen and oxygen atoms in total. The lowest BCUT2D eigenvalue weighted by molar-refractivity contribution is 0.102. The summed E-state index contributed by atoms with van der Waals surface area (Å²) in [6.45, 7) is 2.41. The molecular weight excluding hydrogens is 232 g/mol. The second-order valence-electron chi connectivity index (χ2n) is 3.59. The van der Waals surface area contributed by atoms with Crippen molar-refractivity contribution in [3.63, 3.8) is 0 Å². The molecule has 0 aliphatic carbocycles. The number of amides is 1. The normalized spacial score (nSPS) is 10.1. The van der Waals surface area contributed by atoms with Crippen LogP contribution in [-0.4, -0.2) is 22.7 Å². The van der Waals surface area contributed by atoms with Crippen LogP contribution in [0, 0.1) is 0 Å². The summed E-state index contributed by atoms with van der Waals surface area (Å²) < 4.78 is 5.41. The van der Waals surface area contributed by atoms with Gasteiger partial charge < -0.3 is 15.8 Å². The number of aromatic nitrogens is 2. The number of nitrogens with zero attached hydrogens (tertiary/aromatic N) is 1. The molecule has 1 aromatic carbocycles. The minimum atomic E-state index is -0.314. The zero-order chi connectivity index (χ0) is 13.0. The van der Waals surface area contributed by atoms with Gasteiger partial charge in [0.15, 0.2) is 0 Å². The summed E-state index contributed by atoms with van der Waals surface area (Å²) in [4.78, 5) is 11.9. The van der Waals surface area contributed by atoms with Gasteiger partial charge in [-0.1, -0.05) is 12.1 Å². The van der Waals surface area contributed by atoms with Gasteiger partial charge in [0.05, 0.1) is 12.3 Å². The Kier molecular flexibility index (Phi) is 3.47. The first-order valence-electron chi connectivity index (χ1n) is 5.54. The number of nitrogen functional groups attached to an aromatic ring is 1. The molecule has 1 amide bonds. The summed E-state index contributed by atoms with van der Waals surface area (Å²) in [6, 6.07) is 8.69. The zero-order valence-corrected chi connectivity index (χ0v) is 9.93. The molecule has 4 N–H and O–H groups in total. The van der Waals surface area contributed by atoms with Gasteiger partial charge in [0, 0.05) is 6.07 Å². The number of para-hydroxylation sites is 2. The fraction of sp³-hybridized carbons (Fsp3) is 0.167.